The van der Waals surface area contributed by atoms with Crippen molar-refractivity contribution in [2.75, 3.05) is 46.4 Å². The molecule has 2 rings (SSSR count). The van der Waals surface area contributed by atoms with Gasteiger partial charge in [-0.1, -0.05) is 6.07 Å². The fraction of sp³-hybridized carbons (Fsp3) is 0.588. The molecule has 0 bridgehead atoms. The highest BCUT2D eigenvalue weighted by Crippen LogP contribution is 2.23. The van der Waals surface area contributed by atoms with Crippen molar-refractivity contribution < 1.29 is 14.6 Å². The number of phenolic OH excluding ortho intramolecular Hbond substituents is 1. The number of aryl methyl sites for hydroxylation is 1. The second-order valence-corrected chi connectivity index (χ2v) is 6.01. The van der Waals surface area contributed by atoms with Crippen molar-refractivity contribution >= 4 is 6.29 Å². The minimum Gasteiger partial charge on any atom is -0.507 e. The summed E-state index contributed by atoms with van der Waals surface area (Å²) in [5.41, 5.74) is 2.18. The molecule has 0 aromatic heterocycles. The summed E-state index contributed by atoms with van der Waals surface area (Å²) >= 11 is 0. The molecule has 5 heteroatoms. The minimum atomic E-state index is 0.0914. The molecule has 1 heterocycles. The molecule has 0 radical (unpaired) electrons. The van der Waals surface area contributed by atoms with Gasteiger partial charge in [-0.3, -0.25) is 9.69 Å². The number of nitrogens with zero attached hydrogens (tertiary/aromatic N) is 2. The quantitative estimate of drug-likeness (QED) is 0.777. The maximum absolute atomic E-state index is 11.0. The molecule has 0 unspecified atom stereocenters. The first-order valence-electron chi connectivity index (χ1n) is 7.86. The largest absolute Gasteiger partial charge is 0.507 e. The van der Waals surface area contributed by atoms with Gasteiger partial charge in [0.2, 0.25) is 0 Å². The lowest BCUT2D eigenvalue weighted by atomic mass is 10.1. The summed E-state index contributed by atoms with van der Waals surface area (Å²) < 4.78 is 5.35. The SMILES string of the molecule is Cc1cc(CN(C)CCCN2CCOCC2)cc(C=O)c1O. The van der Waals surface area contributed by atoms with E-state index in [1.165, 1.54) is 0 Å². The maximum atomic E-state index is 11.0. The van der Waals surface area contributed by atoms with E-state index in [1.807, 2.05) is 13.0 Å². The number of hydrogen-bond acceptors (Lipinski definition) is 5. The number of morpholine rings is 1. The second-order valence-electron chi connectivity index (χ2n) is 6.01. The van der Waals surface area contributed by atoms with E-state index in [-0.39, 0.29) is 5.75 Å². The lowest BCUT2D eigenvalue weighted by molar-refractivity contribution is 0.0363. The average Bonchev–Trinajstić information content (AvgIpc) is 2.51. The molecule has 1 fully saturated rings. The summed E-state index contributed by atoms with van der Waals surface area (Å²) in [5, 5.41) is 9.78. The molecule has 0 saturated carbocycles. The Labute approximate surface area is 132 Å². The van der Waals surface area contributed by atoms with E-state index in [4.69, 9.17) is 4.74 Å². The smallest absolute Gasteiger partial charge is 0.153 e. The fourth-order valence-corrected chi connectivity index (χ4v) is 2.84. The van der Waals surface area contributed by atoms with Crippen LogP contribution in [0.15, 0.2) is 12.1 Å². The van der Waals surface area contributed by atoms with Gasteiger partial charge < -0.3 is 14.7 Å². The van der Waals surface area contributed by atoms with Gasteiger partial charge >= 0.3 is 0 Å². The van der Waals surface area contributed by atoms with Crippen LogP contribution in [-0.2, 0) is 11.3 Å². The van der Waals surface area contributed by atoms with Crippen LogP contribution in [-0.4, -0.2) is 67.6 Å². The minimum absolute atomic E-state index is 0.0914. The van der Waals surface area contributed by atoms with E-state index < -0.39 is 0 Å². The van der Waals surface area contributed by atoms with E-state index in [9.17, 15) is 9.90 Å². The molecule has 0 atom stereocenters. The summed E-state index contributed by atoms with van der Waals surface area (Å²) in [5.74, 6) is 0.0914. The number of carbonyl (C=O) groups is 1. The summed E-state index contributed by atoms with van der Waals surface area (Å²) in [6.07, 6.45) is 1.83. The number of phenols is 1. The van der Waals surface area contributed by atoms with E-state index in [0.717, 1.165) is 63.5 Å². The van der Waals surface area contributed by atoms with Crippen molar-refractivity contribution in [3.05, 3.63) is 28.8 Å². The van der Waals surface area contributed by atoms with Crippen LogP contribution in [0.4, 0.5) is 0 Å². The summed E-state index contributed by atoms with van der Waals surface area (Å²) in [4.78, 5) is 15.7. The van der Waals surface area contributed by atoms with Gasteiger partial charge in [0.1, 0.15) is 5.75 Å². The number of carbonyl (C=O) groups excluding carboxylic acids is 1. The van der Waals surface area contributed by atoms with Gasteiger partial charge in [0.15, 0.2) is 6.29 Å². The zero-order valence-electron chi connectivity index (χ0n) is 13.5. The lowest BCUT2D eigenvalue weighted by Crippen LogP contribution is -2.37. The van der Waals surface area contributed by atoms with Crippen LogP contribution >= 0.6 is 0 Å². The molecule has 1 N–H and O–H groups in total. The molecule has 1 aromatic carbocycles. The van der Waals surface area contributed by atoms with Crippen molar-refractivity contribution in [2.24, 2.45) is 0 Å². The van der Waals surface area contributed by atoms with Crippen LogP contribution in [0.2, 0.25) is 0 Å². The Morgan fingerprint density at radius 2 is 2.09 bits per heavy atom. The van der Waals surface area contributed by atoms with Gasteiger partial charge in [0.05, 0.1) is 18.8 Å². The first kappa shape index (κ1) is 16.9. The van der Waals surface area contributed by atoms with Gasteiger partial charge in [0.25, 0.3) is 0 Å². The molecule has 122 valence electrons. The normalized spacial score (nSPS) is 16.1. The number of benzene rings is 1. The lowest BCUT2D eigenvalue weighted by Gasteiger charge is -2.27. The molecule has 1 aliphatic heterocycles. The van der Waals surface area contributed by atoms with Crippen LogP contribution < -0.4 is 0 Å². The highest BCUT2D eigenvalue weighted by Gasteiger charge is 2.11. The van der Waals surface area contributed by atoms with Gasteiger partial charge in [-0.2, -0.15) is 0 Å². The standard InChI is InChI=1S/C17H26N2O3/c1-14-10-15(11-16(13-20)17(14)21)12-18(2)4-3-5-19-6-8-22-9-7-19/h10-11,13,21H,3-9,12H2,1-2H3. The molecule has 0 aliphatic carbocycles. The van der Waals surface area contributed by atoms with Crippen LogP contribution in [0.5, 0.6) is 5.75 Å². The zero-order chi connectivity index (χ0) is 15.9. The third-order valence-electron chi connectivity index (χ3n) is 4.09. The predicted molar refractivity (Wildman–Crippen MR) is 86.4 cm³/mol. The molecule has 1 saturated heterocycles. The Morgan fingerprint density at radius 1 is 1.36 bits per heavy atom. The third-order valence-corrected chi connectivity index (χ3v) is 4.09. The van der Waals surface area contributed by atoms with Gasteiger partial charge in [0, 0.05) is 19.6 Å². The summed E-state index contributed by atoms with van der Waals surface area (Å²) in [7, 11) is 2.09. The number of aldehydes is 1. The average molecular weight is 306 g/mol. The number of rotatable bonds is 7. The monoisotopic (exact) mass is 306 g/mol. The van der Waals surface area contributed by atoms with Crippen molar-refractivity contribution in [1.82, 2.24) is 9.80 Å². The Kier molecular flexibility index (Phi) is 6.36. The van der Waals surface area contributed by atoms with Crippen LogP contribution in [0.1, 0.15) is 27.9 Å². The summed E-state index contributed by atoms with van der Waals surface area (Å²) in [6.45, 7) is 8.46. The van der Waals surface area contributed by atoms with E-state index >= 15 is 0 Å². The number of ether oxygens (including phenoxy) is 1. The molecular formula is C17H26N2O3. The topological polar surface area (TPSA) is 53.0 Å². The van der Waals surface area contributed by atoms with E-state index in [1.54, 1.807) is 6.07 Å². The van der Waals surface area contributed by atoms with Crippen LogP contribution in [0.3, 0.4) is 0 Å². The predicted octanol–water partition coefficient (Wildman–Crippen LogP) is 1.67. The third kappa shape index (κ3) is 4.80. The molecule has 5 nitrogen and oxygen atoms in total. The van der Waals surface area contributed by atoms with Gasteiger partial charge in [-0.15, -0.1) is 0 Å². The van der Waals surface area contributed by atoms with Crippen molar-refractivity contribution in [2.45, 2.75) is 19.9 Å². The first-order valence-corrected chi connectivity index (χ1v) is 7.86. The van der Waals surface area contributed by atoms with Gasteiger partial charge in [-0.05, 0) is 50.7 Å². The molecule has 0 spiro atoms. The molecule has 0 amide bonds. The zero-order valence-corrected chi connectivity index (χ0v) is 13.5. The van der Waals surface area contributed by atoms with E-state index in [0.29, 0.717) is 11.8 Å². The van der Waals surface area contributed by atoms with Crippen molar-refractivity contribution in [1.29, 1.82) is 0 Å². The number of hydrogen-bond donors (Lipinski definition) is 1. The second kappa shape index (κ2) is 8.27. The van der Waals surface area contributed by atoms with Crippen molar-refractivity contribution in [3.8, 4) is 5.75 Å². The number of aromatic hydroxyl groups is 1. The maximum Gasteiger partial charge on any atom is 0.153 e. The highest BCUT2D eigenvalue weighted by atomic mass is 16.5. The molecule has 22 heavy (non-hydrogen) atoms. The Morgan fingerprint density at radius 3 is 2.77 bits per heavy atom. The highest BCUT2D eigenvalue weighted by molar-refractivity contribution is 5.80. The molecular weight excluding hydrogens is 280 g/mol. The summed E-state index contributed by atoms with van der Waals surface area (Å²) in [6, 6.07) is 3.72. The Hall–Kier alpha value is -1.43. The van der Waals surface area contributed by atoms with Gasteiger partial charge in [-0.25, -0.2) is 0 Å². The fourth-order valence-electron chi connectivity index (χ4n) is 2.84. The van der Waals surface area contributed by atoms with Crippen LogP contribution in [0, 0.1) is 6.92 Å². The van der Waals surface area contributed by atoms with Crippen LogP contribution in [0.25, 0.3) is 0 Å². The Balaban J connectivity index is 1.80. The molecule has 1 aromatic rings. The Bertz CT molecular complexity index is 499. The first-order chi connectivity index (χ1) is 10.6. The molecule has 1 aliphatic rings. The van der Waals surface area contributed by atoms with Crippen molar-refractivity contribution in [3.63, 3.8) is 0 Å². The van der Waals surface area contributed by atoms with E-state index in [2.05, 4.69) is 16.8 Å².